The molecule has 1 unspecified atom stereocenters. The maximum absolute atomic E-state index is 13.7. The summed E-state index contributed by atoms with van der Waals surface area (Å²) in [7, 11) is -3.71. The van der Waals surface area contributed by atoms with Crippen molar-refractivity contribution in [2.24, 2.45) is 11.7 Å². The van der Waals surface area contributed by atoms with Crippen LogP contribution in [0.1, 0.15) is 26.7 Å². The number of nitrogens with two attached hydrogens (primary N) is 1. The maximum atomic E-state index is 13.7. The van der Waals surface area contributed by atoms with Crippen LogP contribution < -0.4 is 11.1 Å². The van der Waals surface area contributed by atoms with E-state index >= 15 is 0 Å². The Bertz CT molecular complexity index is 689. The number of nitrogens with one attached hydrogen (secondary N) is 1. The number of carbonyl (C=O) groups is 1. The van der Waals surface area contributed by atoms with Gasteiger partial charge in [-0.15, -0.1) is 12.4 Å². The Hall–Kier alpha value is -1.22. The number of hydrogen-bond donors (Lipinski definition) is 2. The predicted octanol–water partition coefficient (Wildman–Crippen LogP) is 1.95. The molecular weight excluding hydrogens is 357 g/mol. The van der Waals surface area contributed by atoms with E-state index in [1.807, 2.05) is 6.92 Å². The fourth-order valence-electron chi connectivity index (χ4n) is 2.74. The Morgan fingerprint density at radius 2 is 1.96 bits per heavy atom. The van der Waals surface area contributed by atoms with Crippen molar-refractivity contribution >= 4 is 34.0 Å². The fourth-order valence-corrected chi connectivity index (χ4v) is 4.24. The molecule has 0 bridgehead atoms. The molecule has 2 rings (SSSR count). The summed E-state index contributed by atoms with van der Waals surface area (Å²) in [5, 5.41) is 2.30. The maximum Gasteiger partial charge on any atom is 0.243 e. The minimum atomic E-state index is -3.71. The van der Waals surface area contributed by atoms with Gasteiger partial charge < -0.3 is 11.1 Å². The Balaban J connectivity index is 0.00000288. The molecule has 1 aromatic rings. The zero-order valence-electron chi connectivity index (χ0n) is 13.7. The number of halogens is 2. The van der Waals surface area contributed by atoms with Crippen LogP contribution in [0.2, 0.25) is 0 Å². The van der Waals surface area contributed by atoms with Crippen LogP contribution in [0, 0.1) is 11.7 Å². The Morgan fingerprint density at radius 3 is 2.46 bits per heavy atom. The molecule has 0 saturated carbocycles. The van der Waals surface area contributed by atoms with Crippen LogP contribution in [-0.2, 0) is 14.8 Å². The minimum absolute atomic E-state index is 0. The Kier molecular flexibility index (Phi) is 7.15. The number of hydrogen-bond acceptors (Lipinski definition) is 4. The summed E-state index contributed by atoms with van der Waals surface area (Å²) in [5.41, 5.74) is 5.73. The van der Waals surface area contributed by atoms with Crippen molar-refractivity contribution in [2.45, 2.75) is 37.6 Å². The standard InChI is InChI=1S/C15H22FN3O3S.ClH/c1-10(17)12-5-7-19(8-6-12)23(21,22)13-3-4-14(16)15(9-13)18-11(2)20;/h3-4,9-10,12H,5-8,17H2,1-2H3,(H,18,20);1H. The van der Waals surface area contributed by atoms with E-state index in [4.69, 9.17) is 5.73 Å². The van der Waals surface area contributed by atoms with E-state index in [1.165, 1.54) is 17.3 Å². The number of amides is 1. The van der Waals surface area contributed by atoms with E-state index in [1.54, 1.807) is 0 Å². The average molecular weight is 380 g/mol. The van der Waals surface area contributed by atoms with E-state index in [-0.39, 0.29) is 29.0 Å². The first-order valence-corrected chi connectivity index (χ1v) is 8.98. The third-order valence-electron chi connectivity index (χ3n) is 4.13. The Labute approximate surface area is 148 Å². The van der Waals surface area contributed by atoms with Crippen molar-refractivity contribution in [2.75, 3.05) is 18.4 Å². The molecule has 1 atom stereocenters. The van der Waals surface area contributed by atoms with E-state index < -0.39 is 21.7 Å². The van der Waals surface area contributed by atoms with Crippen LogP contribution in [0.25, 0.3) is 0 Å². The number of anilines is 1. The molecule has 1 aliphatic rings. The second kappa shape index (κ2) is 8.24. The second-order valence-electron chi connectivity index (χ2n) is 5.92. The summed E-state index contributed by atoms with van der Waals surface area (Å²) < 4.78 is 40.4. The van der Waals surface area contributed by atoms with Gasteiger partial charge in [0.1, 0.15) is 5.82 Å². The highest BCUT2D eigenvalue weighted by Crippen LogP contribution is 2.27. The molecule has 1 heterocycles. The van der Waals surface area contributed by atoms with Crippen molar-refractivity contribution in [1.29, 1.82) is 0 Å². The van der Waals surface area contributed by atoms with Gasteiger partial charge >= 0.3 is 0 Å². The fraction of sp³-hybridized carbons (Fsp3) is 0.533. The zero-order chi connectivity index (χ0) is 17.2. The second-order valence-corrected chi connectivity index (χ2v) is 7.86. The summed E-state index contributed by atoms with van der Waals surface area (Å²) in [4.78, 5) is 11.1. The molecule has 0 radical (unpaired) electrons. The highest BCUT2D eigenvalue weighted by Gasteiger charge is 2.31. The van der Waals surface area contributed by atoms with Gasteiger partial charge in [0.25, 0.3) is 0 Å². The van der Waals surface area contributed by atoms with Crippen LogP contribution >= 0.6 is 12.4 Å². The largest absolute Gasteiger partial charge is 0.328 e. The third kappa shape index (κ3) is 4.66. The van der Waals surface area contributed by atoms with Crippen LogP contribution in [0.15, 0.2) is 23.1 Å². The molecule has 1 aliphatic heterocycles. The number of carbonyl (C=O) groups excluding carboxylic acids is 1. The summed E-state index contributed by atoms with van der Waals surface area (Å²) in [6.45, 7) is 3.94. The molecule has 9 heteroatoms. The molecule has 0 aliphatic carbocycles. The molecule has 24 heavy (non-hydrogen) atoms. The summed E-state index contributed by atoms with van der Waals surface area (Å²) in [6.07, 6.45) is 1.41. The molecule has 0 aromatic heterocycles. The SMILES string of the molecule is CC(=O)Nc1cc(S(=O)(=O)N2CCC(C(C)N)CC2)ccc1F.Cl. The van der Waals surface area contributed by atoms with E-state index in [9.17, 15) is 17.6 Å². The predicted molar refractivity (Wildman–Crippen MR) is 93.1 cm³/mol. The molecule has 1 fully saturated rings. The lowest BCUT2D eigenvalue weighted by Crippen LogP contribution is -2.42. The lowest BCUT2D eigenvalue weighted by Gasteiger charge is -2.33. The van der Waals surface area contributed by atoms with Gasteiger partial charge in [-0.2, -0.15) is 4.31 Å². The number of rotatable bonds is 4. The van der Waals surface area contributed by atoms with E-state index in [2.05, 4.69) is 5.32 Å². The first-order chi connectivity index (χ1) is 10.7. The normalized spacial score (nSPS) is 17.8. The van der Waals surface area contributed by atoms with Crippen LogP contribution in [0.5, 0.6) is 0 Å². The lowest BCUT2D eigenvalue weighted by molar-refractivity contribution is -0.114. The Morgan fingerprint density at radius 1 is 1.38 bits per heavy atom. The monoisotopic (exact) mass is 379 g/mol. The number of piperidine rings is 1. The van der Waals surface area contributed by atoms with Crippen molar-refractivity contribution < 1.29 is 17.6 Å². The number of benzene rings is 1. The molecule has 3 N–H and O–H groups in total. The van der Waals surface area contributed by atoms with Gasteiger partial charge in [-0.3, -0.25) is 4.79 Å². The lowest BCUT2D eigenvalue weighted by atomic mass is 9.92. The summed E-state index contributed by atoms with van der Waals surface area (Å²) in [6, 6.07) is 3.46. The number of sulfonamides is 1. The van der Waals surface area contributed by atoms with Gasteiger partial charge in [0.15, 0.2) is 0 Å². The summed E-state index contributed by atoms with van der Waals surface area (Å²) >= 11 is 0. The van der Waals surface area contributed by atoms with Gasteiger partial charge in [-0.25, -0.2) is 12.8 Å². The topological polar surface area (TPSA) is 92.5 Å². The van der Waals surface area contributed by atoms with E-state index in [0.717, 1.165) is 12.1 Å². The van der Waals surface area contributed by atoms with Gasteiger partial charge in [-0.1, -0.05) is 0 Å². The van der Waals surface area contributed by atoms with Gasteiger partial charge in [0.2, 0.25) is 15.9 Å². The first-order valence-electron chi connectivity index (χ1n) is 7.54. The molecule has 136 valence electrons. The smallest absolute Gasteiger partial charge is 0.243 e. The minimum Gasteiger partial charge on any atom is -0.328 e. The summed E-state index contributed by atoms with van der Waals surface area (Å²) in [5.74, 6) is -0.824. The van der Waals surface area contributed by atoms with E-state index in [0.29, 0.717) is 31.8 Å². The van der Waals surface area contributed by atoms with Gasteiger partial charge in [0.05, 0.1) is 10.6 Å². The molecule has 1 saturated heterocycles. The van der Waals surface area contributed by atoms with Crippen LogP contribution in [-0.4, -0.2) is 37.8 Å². The van der Waals surface area contributed by atoms with Crippen molar-refractivity contribution in [3.8, 4) is 0 Å². The zero-order valence-corrected chi connectivity index (χ0v) is 15.3. The molecule has 1 amide bonds. The molecule has 1 aromatic carbocycles. The van der Waals surface area contributed by atoms with Gasteiger partial charge in [0, 0.05) is 26.1 Å². The molecular formula is C15H23ClFN3O3S. The quantitative estimate of drug-likeness (QED) is 0.836. The molecule has 0 spiro atoms. The first kappa shape index (κ1) is 20.8. The third-order valence-corrected chi connectivity index (χ3v) is 6.02. The van der Waals surface area contributed by atoms with Gasteiger partial charge in [-0.05, 0) is 43.9 Å². The highest BCUT2D eigenvalue weighted by molar-refractivity contribution is 7.89. The van der Waals surface area contributed by atoms with Crippen LogP contribution in [0.4, 0.5) is 10.1 Å². The molecule has 6 nitrogen and oxygen atoms in total. The average Bonchev–Trinajstić information content (AvgIpc) is 2.49. The van der Waals surface area contributed by atoms with Crippen LogP contribution in [0.3, 0.4) is 0 Å². The number of nitrogens with zero attached hydrogens (tertiary/aromatic N) is 1. The highest BCUT2D eigenvalue weighted by atomic mass is 35.5. The van der Waals surface area contributed by atoms with Crippen molar-refractivity contribution in [1.82, 2.24) is 4.31 Å². The van der Waals surface area contributed by atoms with Crippen molar-refractivity contribution in [3.05, 3.63) is 24.0 Å². The van der Waals surface area contributed by atoms with Crippen molar-refractivity contribution in [3.63, 3.8) is 0 Å².